The molecule has 7 nitrogen and oxygen atoms in total. The van der Waals surface area contributed by atoms with Crippen LogP contribution < -0.4 is 0 Å². The van der Waals surface area contributed by atoms with Crippen LogP contribution in [0.3, 0.4) is 0 Å². The number of thioether (sulfide) groups is 1. The Hall–Kier alpha value is -3.76. The lowest BCUT2D eigenvalue weighted by Crippen LogP contribution is -2.48. The lowest BCUT2D eigenvalue weighted by atomic mass is 10.1. The van der Waals surface area contributed by atoms with E-state index in [4.69, 9.17) is 16.6 Å². The molecule has 1 fully saturated rings. The fraction of sp³-hybridized carbons (Fsp3) is 0.212. The minimum absolute atomic E-state index is 0.000723. The summed E-state index contributed by atoms with van der Waals surface area (Å²) in [7, 11) is 0. The predicted molar refractivity (Wildman–Crippen MR) is 175 cm³/mol. The van der Waals surface area contributed by atoms with Crippen LogP contribution in [0.15, 0.2) is 102 Å². The van der Waals surface area contributed by atoms with E-state index >= 15 is 0 Å². The number of aromatic nitrogens is 4. The SMILES string of the molecule is O=C(c1csc(CSc2nnc(Cc3ccccc3)n2-c2cccc(Cl)c2)n1)N1CCN(CC=Cc2ccccc2)CC1. The highest BCUT2D eigenvalue weighted by Crippen LogP contribution is 2.28. The number of piperazine rings is 1. The standard InChI is InChI=1S/C33H31ClN6OS2/c34-27-14-7-15-28(22-27)40-30(21-26-11-5-2-6-12-26)36-37-33(40)43-24-31-35-29(23-42-31)32(41)39-19-17-38(18-20-39)16-8-13-25-9-3-1-4-10-25/h1-15,22-23H,16-21,24H2. The molecule has 1 aliphatic rings. The summed E-state index contributed by atoms with van der Waals surface area (Å²) in [6, 6.07) is 28.2. The fourth-order valence-electron chi connectivity index (χ4n) is 4.96. The predicted octanol–water partition coefficient (Wildman–Crippen LogP) is 6.73. The Morgan fingerprint density at radius 2 is 1.70 bits per heavy atom. The molecule has 0 aliphatic carbocycles. The van der Waals surface area contributed by atoms with Crippen LogP contribution in [0, 0.1) is 0 Å². The highest BCUT2D eigenvalue weighted by Gasteiger charge is 2.24. The van der Waals surface area contributed by atoms with Crippen LogP contribution in [-0.4, -0.2) is 68.2 Å². The number of hydrogen-bond acceptors (Lipinski definition) is 7. The van der Waals surface area contributed by atoms with E-state index in [1.54, 1.807) is 11.8 Å². The molecule has 218 valence electrons. The maximum absolute atomic E-state index is 13.2. The zero-order valence-electron chi connectivity index (χ0n) is 23.6. The first-order chi connectivity index (χ1) is 21.1. The van der Waals surface area contributed by atoms with E-state index in [-0.39, 0.29) is 5.91 Å². The quantitative estimate of drug-likeness (QED) is 0.160. The summed E-state index contributed by atoms with van der Waals surface area (Å²) < 4.78 is 2.05. The molecular formula is C33H31ClN6OS2. The Bertz CT molecular complexity index is 1680. The van der Waals surface area contributed by atoms with Crippen LogP contribution >= 0.6 is 34.7 Å². The third-order valence-corrected chi connectivity index (χ3v) is 9.41. The number of hydrogen-bond donors (Lipinski definition) is 0. The van der Waals surface area contributed by atoms with Gasteiger partial charge < -0.3 is 4.90 Å². The van der Waals surface area contributed by atoms with E-state index in [1.165, 1.54) is 16.9 Å². The van der Waals surface area contributed by atoms with Gasteiger partial charge in [-0.2, -0.15) is 0 Å². The van der Waals surface area contributed by atoms with Crippen LogP contribution in [0.2, 0.25) is 5.02 Å². The number of amides is 1. The van der Waals surface area contributed by atoms with Gasteiger partial charge in [0.2, 0.25) is 0 Å². The van der Waals surface area contributed by atoms with Crippen LogP contribution in [0.4, 0.5) is 0 Å². The molecule has 0 bridgehead atoms. The van der Waals surface area contributed by atoms with E-state index in [0.717, 1.165) is 46.9 Å². The van der Waals surface area contributed by atoms with Crippen molar-refractivity contribution in [1.82, 2.24) is 29.5 Å². The summed E-state index contributed by atoms with van der Waals surface area (Å²) in [4.78, 5) is 22.2. The van der Waals surface area contributed by atoms with Crippen molar-refractivity contribution < 1.29 is 4.79 Å². The van der Waals surface area contributed by atoms with Gasteiger partial charge >= 0.3 is 0 Å². The topological polar surface area (TPSA) is 67.2 Å². The van der Waals surface area contributed by atoms with Crippen molar-refractivity contribution in [2.45, 2.75) is 17.3 Å². The zero-order chi connectivity index (χ0) is 29.4. The molecule has 3 aromatic carbocycles. The maximum Gasteiger partial charge on any atom is 0.273 e. The normalized spacial score (nSPS) is 14.0. The molecule has 1 aliphatic heterocycles. The van der Waals surface area contributed by atoms with Gasteiger partial charge in [-0.05, 0) is 29.3 Å². The van der Waals surface area contributed by atoms with E-state index in [0.29, 0.717) is 36.0 Å². The summed E-state index contributed by atoms with van der Waals surface area (Å²) in [6.45, 7) is 3.98. The highest BCUT2D eigenvalue weighted by molar-refractivity contribution is 7.98. The summed E-state index contributed by atoms with van der Waals surface area (Å²) >= 11 is 9.40. The summed E-state index contributed by atoms with van der Waals surface area (Å²) in [5.41, 5.74) is 3.78. The number of rotatable bonds is 10. The molecule has 43 heavy (non-hydrogen) atoms. The molecule has 0 spiro atoms. The van der Waals surface area contributed by atoms with Gasteiger partial charge in [-0.1, -0.05) is 102 Å². The summed E-state index contributed by atoms with van der Waals surface area (Å²) in [6.07, 6.45) is 4.98. The minimum atomic E-state index is -0.000723. The van der Waals surface area contributed by atoms with Crippen LogP contribution in [0.25, 0.3) is 11.8 Å². The Labute approximate surface area is 264 Å². The lowest BCUT2D eigenvalue weighted by Gasteiger charge is -2.33. The average molecular weight is 627 g/mol. The van der Waals surface area contributed by atoms with Gasteiger partial charge in [0.1, 0.15) is 16.5 Å². The first-order valence-corrected chi connectivity index (χ1v) is 16.4. The van der Waals surface area contributed by atoms with E-state index in [2.05, 4.69) is 56.1 Å². The van der Waals surface area contributed by atoms with E-state index in [1.807, 2.05) is 70.9 Å². The number of halogens is 1. The van der Waals surface area contributed by atoms with Crippen molar-refractivity contribution in [3.05, 3.63) is 129 Å². The van der Waals surface area contributed by atoms with E-state index in [9.17, 15) is 4.79 Å². The second kappa shape index (κ2) is 14.1. The smallest absolute Gasteiger partial charge is 0.273 e. The summed E-state index contributed by atoms with van der Waals surface area (Å²) in [5.74, 6) is 1.42. The third-order valence-electron chi connectivity index (χ3n) is 7.20. The fourth-order valence-corrected chi connectivity index (χ4v) is 6.90. The monoisotopic (exact) mass is 626 g/mol. The van der Waals surface area contributed by atoms with Gasteiger partial charge in [-0.15, -0.1) is 21.5 Å². The van der Waals surface area contributed by atoms with Crippen molar-refractivity contribution in [1.29, 1.82) is 0 Å². The Morgan fingerprint density at radius 3 is 2.47 bits per heavy atom. The maximum atomic E-state index is 13.2. The second-order valence-corrected chi connectivity index (χ2v) is 12.5. The van der Waals surface area contributed by atoms with Crippen LogP contribution in [0.5, 0.6) is 0 Å². The molecule has 0 radical (unpaired) electrons. The zero-order valence-corrected chi connectivity index (χ0v) is 25.9. The van der Waals surface area contributed by atoms with Crippen LogP contribution in [0.1, 0.15) is 32.4 Å². The average Bonchev–Trinajstić information content (AvgIpc) is 3.68. The van der Waals surface area contributed by atoms with E-state index < -0.39 is 0 Å². The molecule has 10 heteroatoms. The molecule has 1 amide bonds. The largest absolute Gasteiger partial charge is 0.335 e. The van der Waals surface area contributed by atoms with Crippen LogP contribution in [-0.2, 0) is 12.2 Å². The summed E-state index contributed by atoms with van der Waals surface area (Å²) in [5, 5.41) is 13.2. The van der Waals surface area contributed by atoms with Gasteiger partial charge in [0.15, 0.2) is 5.16 Å². The number of nitrogens with zero attached hydrogens (tertiary/aromatic N) is 6. The molecule has 3 heterocycles. The highest BCUT2D eigenvalue weighted by atomic mass is 35.5. The Balaban J connectivity index is 1.07. The van der Waals surface area contributed by atoms with Crippen molar-refractivity contribution in [3.8, 4) is 5.69 Å². The number of thiazole rings is 1. The van der Waals surface area contributed by atoms with Crippen molar-refractivity contribution in [2.24, 2.45) is 0 Å². The molecule has 2 aromatic heterocycles. The van der Waals surface area contributed by atoms with Gasteiger partial charge in [-0.25, -0.2) is 4.98 Å². The number of benzene rings is 3. The number of carbonyl (C=O) groups is 1. The van der Waals surface area contributed by atoms with Gasteiger partial charge in [0.05, 0.1) is 11.4 Å². The lowest BCUT2D eigenvalue weighted by molar-refractivity contribution is 0.0645. The second-order valence-electron chi connectivity index (χ2n) is 10.2. The first kappa shape index (κ1) is 29.3. The Kier molecular flexibility index (Phi) is 9.64. The van der Waals surface area contributed by atoms with Crippen molar-refractivity contribution in [3.63, 3.8) is 0 Å². The van der Waals surface area contributed by atoms with Crippen molar-refractivity contribution in [2.75, 3.05) is 32.7 Å². The van der Waals surface area contributed by atoms with Gasteiger partial charge in [0.25, 0.3) is 5.91 Å². The number of carbonyl (C=O) groups excluding carboxylic acids is 1. The third kappa shape index (κ3) is 7.61. The molecule has 0 N–H and O–H groups in total. The molecular weight excluding hydrogens is 596 g/mol. The molecule has 0 unspecified atom stereocenters. The molecule has 1 saturated heterocycles. The molecule has 0 saturated carbocycles. The molecule has 6 rings (SSSR count). The first-order valence-electron chi connectivity index (χ1n) is 14.2. The molecule has 0 atom stereocenters. The van der Waals surface area contributed by atoms with Gasteiger partial charge in [0, 0.05) is 49.5 Å². The van der Waals surface area contributed by atoms with Crippen molar-refractivity contribution >= 4 is 46.7 Å². The minimum Gasteiger partial charge on any atom is -0.335 e. The Morgan fingerprint density at radius 1 is 0.930 bits per heavy atom. The van der Waals surface area contributed by atoms with Gasteiger partial charge in [-0.3, -0.25) is 14.3 Å². The molecule has 5 aromatic rings.